The number of nitrogens with one attached hydrogen (secondary N) is 2. The first-order valence-corrected chi connectivity index (χ1v) is 8.92. The van der Waals surface area contributed by atoms with E-state index in [4.69, 9.17) is 0 Å². The number of rotatable bonds is 4. The highest BCUT2D eigenvalue weighted by Gasteiger charge is 2.21. The van der Waals surface area contributed by atoms with Crippen molar-refractivity contribution in [2.75, 3.05) is 10.6 Å². The molecule has 7 nitrogen and oxygen atoms in total. The summed E-state index contributed by atoms with van der Waals surface area (Å²) in [5.41, 5.74) is 3.10. The van der Waals surface area contributed by atoms with Gasteiger partial charge in [-0.15, -0.1) is 10.2 Å². The van der Waals surface area contributed by atoms with Crippen LogP contribution in [0.5, 0.6) is 0 Å². The maximum Gasteiger partial charge on any atom is 0.255 e. The van der Waals surface area contributed by atoms with Crippen LogP contribution in [0, 0.1) is 12.3 Å². The molecule has 0 atom stereocenters. The van der Waals surface area contributed by atoms with Gasteiger partial charge in [-0.25, -0.2) is 0 Å². The molecular weight excluding hydrogens is 354 g/mol. The predicted octanol–water partition coefficient (Wildman–Crippen LogP) is 3.81. The van der Waals surface area contributed by atoms with Crippen molar-refractivity contribution in [1.29, 1.82) is 0 Å². The minimum absolute atomic E-state index is 0.0572. The van der Waals surface area contributed by atoms with E-state index in [1.54, 1.807) is 47.6 Å². The number of amides is 2. The predicted molar refractivity (Wildman–Crippen MR) is 109 cm³/mol. The fourth-order valence-corrected chi connectivity index (χ4v) is 2.54. The van der Waals surface area contributed by atoms with Crippen molar-refractivity contribution in [3.05, 3.63) is 66.2 Å². The smallest absolute Gasteiger partial charge is 0.255 e. The van der Waals surface area contributed by atoms with E-state index < -0.39 is 5.41 Å². The van der Waals surface area contributed by atoms with Gasteiger partial charge in [0, 0.05) is 28.0 Å². The Labute approximate surface area is 163 Å². The van der Waals surface area contributed by atoms with Gasteiger partial charge in [0.2, 0.25) is 5.91 Å². The number of carbonyl (C=O) groups is 2. The summed E-state index contributed by atoms with van der Waals surface area (Å²) < 4.78 is 1.73. The number of benzene rings is 2. The summed E-state index contributed by atoms with van der Waals surface area (Å²) >= 11 is 0. The van der Waals surface area contributed by atoms with Crippen LogP contribution in [0.3, 0.4) is 0 Å². The lowest BCUT2D eigenvalue weighted by atomic mass is 9.95. The van der Waals surface area contributed by atoms with E-state index in [2.05, 4.69) is 20.8 Å². The molecule has 0 unspecified atom stereocenters. The fourth-order valence-electron chi connectivity index (χ4n) is 2.54. The van der Waals surface area contributed by atoms with E-state index >= 15 is 0 Å². The van der Waals surface area contributed by atoms with Crippen LogP contribution >= 0.6 is 0 Å². The lowest BCUT2D eigenvalue weighted by Crippen LogP contribution is -2.27. The molecule has 0 radical (unpaired) electrons. The van der Waals surface area contributed by atoms with Crippen LogP contribution in [0.1, 0.15) is 36.7 Å². The van der Waals surface area contributed by atoms with Crippen LogP contribution in [0.25, 0.3) is 5.69 Å². The molecule has 0 aliphatic rings. The van der Waals surface area contributed by atoms with Gasteiger partial charge in [-0.3, -0.25) is 14.2 Å². The normalized spacial score (nSPS) is 11.1. The van der Waals surface area contributed by atoms with Crippen molar-refractivity contribution in [3.8, 4) is 5.69 Å². The van der Waals surface area contributed by atoms with Crippen LogP contribution in [0.4, 0.5) is 11.4 Å². The third kappa shape index (κ3) is 4.43. The molecule has 7 heteroatoms. The third-order valence-corrected chi connectivity index (χ3v) is 4.24. The van der Waals surface area contributed by atoms with Crippen LogP contribution in [-0.2, 0) is 4.79 Å². The molecule has 0 bridgehead atoms. The monoisotopic (exact) mass is 377 g/mol. The third-order valence-electron chi connectivity index (χ3n) is 4.24. The lowest BCUT2D eigenvalue weighted by Gasteiger charge is -2.19. The van der Waals surface area contributed by atoms with Gasteiger partial charge in [0.25, 0.3) is 5.91 Å². The Hall–Kier alpha value is -3.48. The van der Waals surface area contributed by atoms with Crippen LogP contribution in [0.15, 0.2) is 55.1 Å². The maximum absolute atomic E-state index is 12.6. The summed E-state index contributed by atoms with van der Waals surface area (Å²) in [7, 11) is 0. The summed E-state index contributed by atoms with van der Waals surface area (Å²) in [4.78, 5) is 24.8. The molecule has 2 N–H and O–H groups in total. The molecule has 144 valence electrons. The van der Waals surface area contributed by atoms with Crippen LogP contribution in [-0.4, -0.2) is 26.6 Å². The Morgan fingerprint density at radius 3 is 2.32 bits per heavy atom. The maximum atomic E-state index is 12.6. The molecule has 1 aromatic heterocycles. The summed E-state index contributed by atoms with van der Waals surface area (Å²) in [6.07, 6.45) is 3.15. The van der Waals surface area contributed by atoms with Gasteiger partial charge in [0.1, 0.15) is 12.7 Å². The summed E-state index contributed by atoms with van der Waals surface area (Å²) in [5, 5.41) is 13.4. The standard InChI is InChI=1S/C21H23N5O2/c1-14-10-16(8-9-18(14)25-20(28)21(2,3)4)24-19(27)15-6-5-7-17(11-15)26-12-22-23-13-26/h5-13H,1-4H3,(H,24,27)(H,25,28). The minimum Gasteiger partial charge on any atom is -0.325 e. The second kappa shape index (κ2) is 7.64. The van der Waals surface area contributed by atoms with Crippen molar-refractivity contribution >= 4 is 23.2 Å². The number of carbonyl (C=O) groups excluding carboxylic acids is 2. The Bertz CT molecular complexity index is 1000. The zero-order valence-electron chi connectivity index (χ0n) is 16.4. The van der Waals surface area contributed by atoms with Crippen molar-refractivity contribution in [1.82, 2.24) is 14.8 Å². The molecule has 2 aromatic carbocycles. The SMILES string of the molecule is Cc1cc(NC(=O)c2cccc(-n3cnnc3)c2)ccc1NC(=O)C(C)(C)C. The molecule has 1 heterocycles. The summed E-state index contributed by atoms with van der Waals surface area (Å²) in [6, 6.07) is 12.6. The second-order valence-corrected chi connectivity index (χ2v) is 7.61. The number of aryl methyl sites for hydroxylation is 1. The molecule has 0 saturated heterocycles. The summed E-state index contributed by atoms with van der Waals surface area (Å²) in [5.74, 6) is -0.279. The minimum atomic E-state index is -0.477. The Balaban J connectivity index is 1.74. The molecule has 0 fully saturated rings. The van der Waals surface area contributed by atoms with E-state index in [0.717, 1.165) is 16.9 Å². The first-order valence-electron chi connectivity index (χ1n) is 8.92. The average Bonchev–Trinajstić information content (AvgIpc) is 3.18. The number of anilines is 2. The number of hydrogen-bond acceptors (Lipinski definition) is 4. The summed E-state index contributed by atoms with van der Waals surface area (Å²) in [6.45, 7) is 7.47. The van der Waals surface area contributed by atoms with Crippen molar-refractivity contribution in [3.63, 3.8) is 0 Å². The average molecular weight is 377 g/mol. The van der Waals surface area contributed by atoms with E-state index in [1.807, 2.05) is 39.8 Å². The number of hydrogen-bond donors (Lipinski definition) is 2. The molecule has 0 saturated carbocycles. The van der Waals surface area contributed by atoms with Crippen molar-refractivity contribution in [2.24, 2.45) is 5.41 Å². The van der Waals surface area contributed by atoms with Crippen molar-refractivity contribution < 1.29 is 9.59 Å². The molecule has 0 spiro atoms. The quantitative estimate of drug-likeness (QED) is 0.723. The van der Waals surface area contributed by atoms with Gasteiger partial charge >= 0.3 is 0 Å². The van der Waals surface area contributed by atoms with E-state index in [9.17, 15) is 9.59 Å². The molecule has 0 aliphatic carbocycles. The molecule has 0 aliphatic heterocycles. The molecule has 2 amide bonds. The Morgan fingerprint density at radius 2 is 1.68 bits per heavy atom. The highest BCUT2D eigenvalue weighted by Crippen LogP contribution is 2.23. The second-order valence-electron chi connectivity index (χ2n) is 7.61. The van der Waals surface area contributed by atoms with Gasteiger partial charge in [0.15, 0.2) is 0 Å². The van der Waals surface area contributed by atoms with Gasteiger partial charge in [0.05, 0.1) is 0 Å². The highest BCUT2D eigenvalue weighted by molar-refractivity contribution is 6.05. The van der Waals surface area contributed by atoms with Crippen LogP contribution < -0.4 is 10.6 Å². The largest absolute Gasteiger partial charge is 0.325 e. The molecular formula is C21H23N5O2. The number of nitrogens with zero attached hydrogens (tertiary/aromatic N) is 3. The zero-order valence-corrected chi connectivity index (χ0v) is 16.4. The fraction of sp³-hybridized carbons (Fsp3) is 0.238. The van der Waals surface area contributed by atoms with Gasteiger partial charge in [-0.05, 0) is 48.9 Å². The Morgan fingerprint density at radius 1 is 0.964 bits per heavy atom. The molecule has 28 heavy (non-hydrogen) atoms. The van der Waals surface area contributed by atoms with E-state index in [1.165, 1.54) is 0 Å². The highest BCUT2D eigenvalue weighted by atomic mass is 16.2. The van der Waals surface area contributed by atoms with Gasteiger partial charge in [-0.2, -0.15) is 0 Å². The van der Waals surface area contributed by atoms with E-state index in [-0.39, 0.29) is 11.8 Å². The first kappa shape index (κ1) is 19.3. The van der Waals surface area contributed by atoms with Crippen LogP contribution in [0.2, 0.25) is 0 Å². The lowest BCUT2D eigenvalue weighted by molar-refractivity contribution is -0.123. The van der Waals surface area contributed by atoms with Gasteiger partial charge < -0.3 is 10.6 Å². The molecule has 3 rings (SSSR count). The van der Waals surface area contributed by atoms with E-state index in [0.29, 0.717) is 11.3 Å². The first-order chi connectivity index (χ1) is 13.2. The van der Waals surface area contributed by atoms with Gasteiger partial charge in [-0.1, -0.05) is 26.8 Å². The topological polar surface area (TPSA) is 88.9 Å². The molecule has 3 aromatic rings. The van der Waals surface area contributed by atoms with Crippen molar-refractivity contribution in [2.45, 2.75) is 27.7 Å². The Kier molecular flexibility index (Phi) is 5.26. The zero-order chi connectivity index (χ0) is 20.3. The number of aromatic nitrogens is 3.